The zero-order valence-corrected chi connectivity index (χ0v) is 12.5. The maximum absolute atomic E-state index is 12.0. The molecule has 2 amide bonds. The Kier molecular flexibility index (Phi) is 3.75. The van der Waals surface area contributed by atoms with Crippen LogP contribution in [0, 0.1) is 13.8 Å². The molecule has 0 bridgehead atoms. The maximum atomic E-state index is 12.0. The van der Waals surface area contributed by atoms with E-state index in [9.17, 15) is 19.8 Å². The van der Waals surface area contributed by atoms with Gasteiger partial charge in [0, 0.05) is 4.88 Å². The minimum Gasteiger partial charge on any atom is -0.478 e. The van der Waals surface area contributed by atoms with E-state index in [1.807, 2.05) is 13.8 Å². The number of anilines is 1. The number of rotatable bonds is 3. The number of urea groups is 1. The summed E-state index contributed by atoms with van der Waals surface area (Å²) < 4.78 is 0. The Labute approximate surface area is 121 Å². The molecule has 0 aromatic carbocycles. The number of hydrogen-bond acceptors (Lipinski definition) is 4. The Bertz CT molecular complexity index is 561. The molecule has 1 fully saturated rings. The van der Waals surface area contributed by atoms with E-state index in [4.69, 9.17) is 0 Å². The fourth-order valence-electron chi connectivity index (χ4n) is 2.18. The summed E-state index contributed by atoms with van der Waals surface area (Å²) in [5.41, 5.74) is 0.0208. The topological polar surface area (TPSA) is 89.9 Å². The molecule has 1 aliphatic rings. The predicted molar refractivity (Wildman–Crippen MR) is 76.6 cm³/mol. The van der Waals surface area contributed by atoms with Gasteiger partial charge in [0.25, 0.3) is 0 Å². The van der Waals surface area contributed by atoms with Gasteiger partial charge in [-0.05, 0) is 25.8 Å². The molecular weight excluding hydrogens is 280 g/mol. The number of carbonyl (C=O) groups excluding carboxylic acids is 1. The van der Waals surface area contributed by atoms with Crippen molar-refractivity contribution < 1.29 is 19.8 Å². The molecule has 1 saturated heterocycles. The van der Waals surface area contributed by atoms with Crippen molar-refractivity contribution >= 4 is 28.3 Å². The van der Waals surface area contributed by atoms with E-state index in [0.29, 0.717) is 17.0 Å². The Morgan fingerprint density at radius 2 is 2.00 bits per heavy atom. The van der Waals surface area contributed by atoms with Crippen LogP contribution in [0.5, 0.6) is 0 Å². The average Bonchev–Trinajstić information content (AvgIpc) is 2.60. The Morgan fingerprint density at radius 1 is 1.40 bits per heavy atom. The fourth-order valence-corrected chi connectivity index (χ4v) is 3.22. The number of carboxylic acid groups (broad SMARTS) is 1. The van der Waals surface area contributed by atoms with Gasteiger partial charge in [-0.1, -0.05) is 6.92 Å². The predicted octanol–water partition coefficient (Wildman–Crippen LogP) is 2.05. The molecule has 0 radical (unpaired) electrons. The lowest BCUT2D eigenvalue weighted by atomic mass is 9.92. The molecule has 3 N–H and O–H groups in total. The van der Waals surface area contributed by atoms with E-state index < -0.39 is 11.6 Å². The van der Waals surface area contributed by atoms with Gasteiger partial charge in [-0.3, -0.25) is 5.32 Å². The molecule has 2 heterocycles. The third kappa shape index (κ3) is 2.51. The minimum atomic E-state index is -1.05. The van der Waals surface area contributed by atoms with Gasteiger partial charge < -0.3 is 15.1 Å². The number of thiophene rings is 1. The van der Waals surface area contributed by atoms with Crippen molar-refractivity contribution in [2.45, 2.75) is 32.8 Å². The molecule has 1 aromatic rings. The SMILES string of the molecule is CCC1(O)CN(C(=O)Nc2sc(C)c(C)c2C(=O)O)C1. The molecule has 0 atom stereocenters. The highest BCUT2D eigenvalue weighted by Crippen LogP contribution is 2.33. The first-order chi connectivity index (χ1) is 9.27. The zero-order valence-electron chi connectivity index (χ0n) is 11.7. The van der Waals surface area contributed by atoms with Gasteiger partial charge in [0.2, 0.25) is 0 Å². The van der Waals surface area contributed by atoms with Crippen molar-refractivity contribution in [1.29, 1.82) is 0 Å². The molecule has 0 saturated carbocycles. The quantitative estimate of drug-likeness (QED) is 0.796. The van der Waals surface area contributed by atoms with Crippen LogP contribution in [0.3, 0.4) is 0 Å². The maximum Gasteiger partial charge on any atom is 0.338 e. The van der Waals surface area contributed by atoms with Crippen molar-refractivity contribution in [1.82, 2.24) is 4.90 Å². The lowest BCUT2D eigenvalue weighted by Gasteiger charge is -2.45. The second-order valence-electron chi connectivity index (χ2n) is 5.16. The van der Waals surface area contributed by atoms with Gasteiger partial charge in [0.15, 0.2) is 0 Å². The number of likely N-dealkylation sites (tertiary alicyclic amines) is 1. The number of nitrogens with one attached hydrogen (secondary N) is 1. The highest BCUT2D eigenvalue weighted by Gasteiger charge is 2.42. The summed E-state index contributed by atoms with van der Waals surface area (Å²) in [6, 6.07) is -0.369. The van der Waals surface area contributed by atoms with Crippen LogP contribution in [0.4, 0.5) is 9.80 Å². The third-order valence-corrected chi connectivity index (χ3v) is 4.86. The number of aromatic carboxylic acids is 1. The molecule has 6 nitrogen and oxygen atoms in total. The summed E-state index contributed by atoms with van der Waals surface area (Å²) in [4.78, 5) is 25.6. The molecule has 1 aromatic heterocycles. The van der Waals surface area contributed by atoms with Gasteiger partial charge in [0.1, 0.15) is 5.00 Å². The van der Waals surface area contributed by atoms with Crippen LogP contribution in [0.1, 0.15) is 34.1 Å². The van der Waals surface area contributed by atoms with E-state index in [0.717, 1.165) is 4.88 Å². The molecule has 2 rings (SSSR count). The van der Waals surface area contributed by atoms with E-state index in [-0.39, 0.29) is 24.7 Å². The Morgan fingerprint density at radius 3 is 2.50 bits per heavy atom. The number of aliphatic hydroxyl groups is 1. The van der Waals surface area contributed by atoms with Crippen molar-refractivity contribution in [3.8, 4) is 0 Å². The minimum absolute atomic E-state index is 0.145. The van der Waals surface area contributed by atoms with Gasteiger partial charge in [0.05, 0.1) is 24.3 Å². The van der Waals surface area contributed by atoms with Crippen LogP contribution in [0.25, 0.3) is 0 Å². The lowest BCUT2D eigenvalue weighted by molar-refractivity contribution is -0.0755. The number of carboxylic acids is 1. The van der Waals surface area contributed by atoms with E-state index in [1.54, 1.807) is 6.92 Å². The first-order valence-electron chi connectivity index (χ1n) is 6.39. The molecule has 7 heteroatoms. The lowest BCUT2D eigenvalue weighted by Crippen LogP contribution is -2.63. The largest absolute Gasteiger partial charge is 0.478 e. The van der Waals surface area contributed by atoms with Crippen molar-refractivity contribution in [2.24, 2.45) is 0 Å². The van der Waals surface area contributed by atoms with Crippen LogP contribution in [0.2, 0.25) is 0 Å². The molecule has 0 spiro atoms. The first kappa shape index (κ1) is 14.8. The number of nitrogens with zero attached hydrogens (tertiary/aromatic N) is 1. The zero-order chi connectivity index (χ0) is 15.1. The number of aryl methyl sites for hydroxylation is 1. The van der Waals surface area contributed by atoms with Crippen LogP contribution in [0.15, 0.2) is 0 Å². The Balaban J connectivity index is 2.10. The highest BCUT2D eigenvalue weighted by atomic mass is 32.1. The number of hydrogen-bond donors (Lipinski definition) is 3. The molecule has 0 aliphatic carbocycles. The van der Waals surface area contributed by atoms with Crippen molar-refractivity contribution in [3.05, 3.63) is 16.0 Å². The van der Waals surface area contributed by atoms with Crippen molar-refractivity contribution in [2.75, 3.05) is 18.4 Å². The van der Waals surface area contributed by atoms with Crippen LogP contribution in [-0.4, -0.2) is 45.8 Å². The molecule has 0 unspecified atom stereocenters. The number of β-amino-alcohol motifs (C(OH)–C–C–N with tert-alkyl or cyclic N) is 1. The second-order valence-corrected chi connectivity index (χ2v) is 6.38. The van der Waals surface area contributed by atoms with E-state index >= 15 is 0 Å². The van der Waals surface area contributed by atoms with Crippen LogP contribution >= 0.6 is 11.3 Å². The average molecular weight is 298 g/mol. The van der Waals surface area contributed by atoms with Gasteiger partial charge in [-0.25, -0.2) is 9.59 Å². The number of carbonyl (C=O) groups is 2. The van der Waals surface area contributed by atoms with Crippen LogP contribution in [-0.2, 0) is 0 Å². The van der Waals surface area contributed by atoms with E-state index in [1.165, 1.54) is 16.2 Å². The van der Waals surface area contributed by atoms with E-state index in [2.05, 4.69) is 5.32 Å². The fraction of sp³-hybridized carbons (Fsp3) is 0.538. The summed E-state index contributed by atoms with van der Waals surface area (Å²) in [5, 5.41) is 22.1. The van der Waals surface area contributed by atoms with Crippen LogP contribution < -0.4 is 5.32 Å². The van der Waals surface area contributed by atoms with Gasteiger partial charge in [-0.15, -0.1) is 11.3 Å². The number of amides is 2. The normalized spacial score (nSPS) is 16.7. The third-order valence-electron chi connectivity index (χ3n) is 3.74. The summed E-state index contributed by atoms with van der Waals surface area (Å²) in [6.45, 7) is 5.97. The molecule has 1 aliphatic heterocycles. The smallest absolute Gasteiger partial charge is 0.338 e. The first-order valence-corrected chi connectivity index (χ1v) is 7.20. The summed E-state index contributed by atoms with van der Waals surface area (Å²) in [7, 11) is 0. The summed E-state index contributed by atoms with van der Waals surface area (Å²) in [6.07, 6.45) is 0.592. The second kappa shape index (κ2) is 5.06. The standard InChI is InChI=1S/C13H18N2O4S/c1-4-13(19)5-15(6-13)12(18)14-10-9(11(16)17)7(2)8(3)20-10/h19H,4-6H2,1-3H3,(H,14,18)(H,16,17). The van der Waals surface area contributed by atoms with Gasteiger partial charge in [-0.2, -0.15) is 0 Å². The Hall–Kier alpha value is -1.60. The van der Waals surface area contributed by atoms with Gasteiger partial charge >= 0.3 is 12.0 Å². The molecule has 20 heavy (non-hydrogen) atoms. The molecule has 110 valence electrons. The monoisotopic (exact) mass is 298 g/mol. The summed E-state index contributed by atoms with van der Waals surface area (Å²) >= 11 is 1.25. The highest BCUT2D eigenvalue weighted by molar-refractivity contribution is 7.16. The molecular formula is C13H18N2O4S. The van der Waals surface area contributed by atoms with Crippen molar-refractivity contribution in [3.63, 3.8) is 0 Å². The summed E-state index contributed by atoms with van der Waals surface area (Å²) in [5.74, 6) is -1.05.